The van der Waals surface area contributed by atoms with Crippen LogP contribution in [0.2, 0.25) is 0 Å². The van der Waals surface area contributed by atoms with Gasteiger partial charge in [0, 0.05) is 50.3 Å². The number of carbonyl (C=O) groups excluding carboxylic acids is 1. The predicted octanol–water partition coefficient (Wildman–Crippen LogP) is 4.95. The highest BCUT2D eigenvalue weighted by atomic mass is 19.4. The topological polar surface area (TPSA) is 77.8 Å². The van der Waals surface area contributed by atoms with Crippen LogP contribution >= 0.6 is 0 Å². The average molecular weight is 613 g/mol. The van der Waals surface area contributed by atoms with Crippen LogP contribution in [0.15, 0.2) is 36.4 Å². The van der Waals surface area contributed by atoms with Crippen molar-refractivity contribution in [1.29, 1.82) is 0 Å². The van der Waals surface area contributed by atoms with Crippen molar-refractivity contribution in [2.24, 2.45) is 5.41 Å². The Morgan fingerprint density at radius 1 is 0.905 bits per heavy atom. The molecule has 2 aliphatic heterocycles. The quantitative estimate of drug-likeness (QED) is 0.385. The smallest absolute Gasteiger partial charge is 0.368 e. The van der Waals surface area contributed by atoms with Gasteiger partial charge in [-0.15, -0.1) is 0 Å². The maximum atomic E-state index is 13.6. The summed E-state index contributed by atoms with van der Waals surface area (Å²) in [6.45, 7) is -0.582. The van der Waals surface area contributed by atoms with Crippen LogP contribution in [0.25, 0.3) is 5.65 Å². The molecule has 2 aromatic heterocycles. The third-order valence-electron chi connectivity index (χ3n) is 7.04. The summed E-state index contributed by atoms with van der Waals surface area (Å²) >= 11 is 0. The molecule has 4 heterocycles. The van der Waals surface area contributed by atoms with Gasteiger partial charge >= 0.3 is 24.6 Å². The van der Waals surface area contributed by atoms with Crippen LogP contribution in [0.3, 0.4) is 0 Å². The molecule has 8 nitrogen and oxygen atoms in total. The van der Waals surface area contributed by atoms with Crippen molar-refractivity contribution in [2.45, 2.75) is 24.6 Å². The number of carbonyl (C=O) groups is 1. The van der Waals surface area contributed by atoms with Crippen LogP contribution in [-0.2, 0) is 12.4 Å². The zero-order valence-electron chi connectivity index (χ0n) is 21.2. The largest absolute Gasteiger partial charge is 0.435 e. The molecule has 0 aliphatic carbocycles. The van der Waals surface area contributed by atoms with Crippen molar-refractivity contribution >= 4 is 17.5 Å². The molecule has 0 saturated carbocycles. The molecular weight excluding hydrogens is 592 g/mol. The summed E-state index contributed by atoms with van der Waals surface area (Å²) in [5.74, 6) is -0.965. The third-order valence-corrected chi connectivity index (χ3v) is 7.04. The molecule has 3 aromatic rings. The highest BCUT2D eigenvalue weighted by molar-refractivity contribution is 5.75. The van der Waals surface area contributed by atoms with Crippen molar-refractivity contribution in [3.05, 3.63) is 59.2 Å². The van der Waals surface area contributed by atoms with Gasteiger partial charge in [-0.25, -0.2) is 14.2 Å². The summed E-state index contributed by atoms with van der Waals surface area (Å²) in [7, 11) is 0. The first-order chi connectivity index (χ1) is 19.4. The van der Waals surface area contributed by atoms with E-state index in [-0.39, 0.29) is 19.6 Å². The molecule has 0 unspecified atom stereocenters. The van der Waals surface area contributed by atoms with Crippen molar-refractivity contribution in [3.63, 3.8) is 0 Å². The minimum absolute atomic E-state index is 0.144. The van der Waals surface area contributed by atoms with Gasteiger partial charge in [0.05, 0.1) is 6.04 Å². The number of fused-ring (bicyclic) bond motifs is 1. The van der Waals surface area contributed by atoms with E-state index >= 15 is 0 Å². The Morgan fingerprint density at radius 2 is 1.52 bits per heavy atom. The normalized spacial score (nSPS) is 18.1. The molecular formula is C24H21F10N7O. The van der Waals surface area contributed by atoms with Gasteiger partial charge in [0.15, 0.2) is 17.0 Å². The number of benzene rings is 1. The first-order valence-corrected chi connectivity index (χ1v) is 12.3. The predicted molar refractivity (Wildman–Crippen MR) is 126 cm³/mol. The summed E-state index contributed by atoms with van der Waals surface area (Å²) in [4.78, 5) is 18.3. The van der Waals surface area contributed by atoms with Crippen molar-refractivity contribution < 1.29 is 48.7 Å². The lowest BCUT2D eigenvalue weighted by atomic mass is 9.72. The molecule has 42 heavy (non-hydrogen) atoms. The van der Waals surface area contributed by atoms with E-state index < -0.39 is 71.2 Å². The second kappa shape index (κ2) is 10.2. The lowest BCUT2D eigenvalue weighted by Gasteiger charge is -2.61. The maximum Gasteiger partial charge on any atom is 0.435 e. The number of rotatable bonds is 6. The van der Waals surface area contributed by atoms with Gasteiger partial charge < -0.3 is 15.5 Å². The minimum atomic E-state index is -4.97. The first-order valence-electron chi connectivity index (χ1n) is 12.3. The van der Waals surface area contributed by atoms with E-state index in [4.69, 9.17) is 0 Å². The fraction of sp³-hybridized carbons (Fsp3) is 0.458. The first kappa shape index (κ1) is 29.7. The van der Waals surface area contributed by atoms with Gasteiger partial charge in [-0.3, -0.25) is 4.90 Å². The monoisotopic (exact) mass is 613 g/mol. The number of hydrogen-bond donors (Lipinski definition) is 2. The van der Waals surface area contributed by atoms with Gasteiger partial charge in [0.1, 0.15) is 18.2 Å². The third kappa shape index (κ3) is 6.17. The number of hydrogen-bond acceptors (Lipinski definition) is 5. The molecule has 2 amide bonds. The lowest BCUT2D eigenvalue weighted by molar-refractivity contribution is -0.142. The molecule has 0 radical (unpaired) electrons. The molecule has 5 rings (SSSR count). The zero-order valence-corrected chi connectivity index (χ0v) is 21.2. The zero-order chi connectivity index (χ0) is 30.7. The van der Waals surface area contributed by atoms with Gasteiger partial charge in [0.2, 0.25) is 0 Å². The van der Waals surface area contributed by atoms with E-state index in [9.17, 15) is 48.7 Å². The SMILES string of the molecule is O=C(NCC(F)(F)F)N1CC2(C1)CN([C@@H](CNc1cc(C(F)(F)F)nc3cc(C(F)(F)F)nn13)c1ccc(F)cc1)C2. The van der Waals surface area contributed by atoms with Crippen molar-refractivity contribution in [2.75, 3.05) is 44.6 Å². The summed E-state index contributed by atoms with van der Waals surface area (Å²) in [5.41, 5.74) is -3.45. The number of alkyl halides is 9. The average Bonchev–Trinajstić information content (AvgIpc) is 3.27. The van der Waals surface area contributed by atoms with Crippen LogP contribution < -0.4 is 10.6 Å². The van der Waals surface area contributed by atoms with E-state index in [1.165, 1.54) is 29.2 Å². The molecule has 1 spiro atoms. The number of nitrogens with one attached hydrogen (secondary N) is 2. The summed E-state index contributed by atoms with van der Waals surface area (Å²) in [5, 5.41) is 7.89. The fourth-order valence-corrected chi connectivity index (χ4v) is 5.16. The number of halogens is 10. The van der Waals surface area contributed by atoms with E-state index in [1.54, 1.807) is 5.32 Å². The molecule has 1 aromatic carbocycles. The Morgan fingerprint density at radius 3 is 2.10 bits per heavy atom. The molecule has 0 bridgehead atoms. The van der Waals surface area contributed by atoms with E-state index in [0.717, 1.165) is 0 Å². The molecule has 1 atom stereocenters. The number of urea groups is 1. The van der Waals surface area contributed by atoms with Crippen LogP contribution in [0, 0.1) is 11.2 Å². The minimum Gasteiger partial charge on any atom is -0.368 e. The van der Waals surface area contributed by atoms with Crippen LogP contribution in [0.1, 0.15) is 23.0 Å². The van der Waals surface area contributed by atoms with Crippen LogP contribution in [-0.4, -0.2) is 75.9 Å². The number of anilines is 1. The molecule has 2 fully saturated rings. The number of nitrogens with zero attached hydrogens (tertiary/aromatic N) is 5. The second-order valence-corrected chi connectivity index (χ2v) is 10.3. The summed E-state index contributed by atoms with van der Waals surface area (Å²) in [6.07, 6.45) is -14.5. The summed E-state index contributed by atoms with van der Waals surface area (Å²) in [6, 6.07) is 4.68. The Kier molecular flexibility index (Phi) is 7.18. The Balaban J connectivity index is 1.34. The highest BCUT2D eigenvalue weighted by Crippen LogP contribution is 2.44. The Bertz CT molecular complexity index is 1450. The van der Waals surface area contributed by atoms with E-state index in [0.29, 0.717) is 35.3 Å². The van der Waals surface area contributed by atoms with Gasteiger partial charge in [0.25, 0.3) is 0 Å². The van der Waals surface area contributed by atoms with Crippen molar-refractivity contribution in [3.8, 4) is 0 Å². The number of aromatic nitrogens is 3. The maximum absolute atomic E-state index is 13.6. The van der Waals surface area contributed by atoms with Gasteiger partial charge in [-0.1, -0.05) is 12.1 Å². The lowest BCUT2D eigenvalue weighted by Crippen LogP contribution is -2.74. The van der Waals surface area contributed by atoms with E-state index in [1.807, 2.05) is 4.90 Å². The molecule has 2 N–H and O–H groups in total. The molecule has 2 aliphatic rings. The Hall–Kier alpha value is -3.83. The van der Waals surface area contributed by atoms with Gasteiger partial charge in [-0.2, -0.15) is 49.1 Å². The Labute approximate surface area is 230 Å². The molecule has 18 heteroatoms. The standard InChI is InChI=1S/C24H21F10N7O/c25-14-3-1-13(2-4-14)15(39-9-21(10-39)11-40(12-21)20(42)36-8-22(26,27)28)7-35-18-5-16(23(29,30)31)37-19-6-17(24(32,33)34)38-41(18)19/h1-6,15,35H,7-12H2,(H,36,42)/t15-/m0/s1. The summed E-state index contributed by atoms with van der Waals surface area (Å²) < 4.78 is 132. The highest BCUT2D eigenvalue weighted by Gasteiger charge is 2.54. The van der Waals surface area contributed by atoms with E-state index in [2.05, 4.69) is 15.4 Å². The van der Waals surface area contributed by atoms with Crippen molar-refractivity contribution in [1.82, 2.24) is 29.7 Å². The van der Waals surface area contributed by atoms with Gasteiger partial charge in [-0.05, 0) is 17.7 Å². The van der Waals surface area contributed by atoms with Crippen LogP contribution in [0.4, 0.5) is 54.5 Å². The number of likely N-dealkylation sites (tertiary alicyclic amines) is 2. The molecule has 2 saturated heterocycles. The number of amides is 2. The molecule has 228 valence electrons. The fourth-order valence-electron chi connectivity index (χ4n) is 5.16. The van der Waals surface area contributed by atoms with Crippen LogP contribution in [0.5, 0.6) is 0 Å². The second-order valence-electron chi connectivity index (χ2n) is 10.3.